The molecule has 2 aromatic carbocycles. The highest BCUT2D eigenvalue weighted by molar-refractivity contribution is 7.86. The summed E-state index contributed by atoms with van der Waals surface area (Å²) >= 11 is 0. The van der Waals surface area contributed by atoms with Crippen LogP contribution in [-0.2, 0) is 27.1 Å². The van der Waals surface area contributed by atoms with E-state index in [-0.39, 0.29) is 17.4 Å². The quantitative estimate of drug-likeness (QED) is 0.477. The smallest absolute Gasteiger partial charge is 0.322 e. The van der Waals surface area contributed by atoms with E-state index in [0.29, 0.717) is 30.6 Å². The van der Waals surface area contributed by atoms with Crippen molar-refractivity contribution in [2.45, 2.75) is 31.1 Å². The molecule has 0 spiro atoms. The molecule has 0 bridgehead atoms. The topological polar surface area (TPSA) is 111 Å². The van der Waals surface area contributed by atoms with Crippen LogP contribution in [-0.4, -0.2) is 33.5 Å². The number of nitrogens with one attached hydrogen (secondary N) is 2. The molecular weight excluding hydrogens is 396 g/mol. The molecule has 9 heteroatoms. The summed E-state index contributed by atoms with van der Waals surface area (Å²) in [7, 11) is -2.40. The Kier molecular flexibility index (Phi) is 6.38. The van der Waals surface area contributed by atoms with Crippen molar-refractivity contribution in [3.63, 3.8) is 0 Å². The highest BCUT2D eigenvalue weighted by Crippen LogP contribution is 2.30. The monoisotopic (exact) mass is 418 g/mol. The molecule has 0 saturated carbocycles. The second-order valence-electron chi connectivity index (χ2n) is 6.66. The van der Waals surface area contributed by atoms with Gasteiger partial charge in [0.15, 0.2) is 11.5 Å². The molecule has 0 aliphatic carbocycles. The molecule has 0 radical (unpaired) electrons. The normalized spacial score (nSPS) is 16.2. The molecule has 3 amide bonds. The van der Waals surface area contributed by atoms with Gasteiger partial charge in [0, 0.05) is 0 Å². The summed E-state index contributed by atoms with van der Waals surface area (Å²) in [6.45, 7) is 0. The number of urea groups is 1. The molecule has 2 N–H and O–H groups in total. The Bertz CT molecular complexity index is 991. The Morgan fingerprint density at radius 2 is 1.76 bits per heavy atom. The molecule has 1 heterocycles. The second kappa shape index (κ2) is 8.95. The molecule has 1 saturated heterocycles. The van der Waals surface area contributed by atoms with E-state index in [1.165, 1.54) is 7.11 Å². The van der Waals surface area contributed by atoms with E-state index in [4.69, 9.17) is 8.92 Å². The van der Waals surface area contributed by atoms with Gasteiger partial charge in [-0.25, -0.2) is 4.79 Å². The van der Waals surface area contributed by atoms with Crippen molar-refractivity contribution in [1.29, 1.82) is 0 Å². The fourth-order valence-corrected chi connectivity index (χ4v) is 4.12. The van der Waals surface area contributed by atoms with Gasteiger partial charge in [-0.2, -0.15) is 8.42 Å². The number of imide groups is 1. The number of amides is 3. The third-order valence-electron chi connectivity index (χ3n) is 4.45. The summed E-state index contributed by atoms with van der Waals surface area (Å²) in [5.41, 5.74) is 1.53. The van der Waals surface area contributed by atoms with Crippen LogP contribution in [0.15, 0.2) is 48.5 Å². The van der Waals surface area contributed by atoms with E-state index in [2.05, 4.69) is 10.6 Å². The lowest BCUT2D eigenvalue weighted by Gasteiger charge is -2.13. The average Bonchev–Trinajstić information content (AvgIpc) is 3.00. The maximum atomic E-state index is 12.3. The van der Waals surface area contributed by atoms with Gasteiger partial charge in [-0.3, -0.25) is 10.1 Å². The highest BCUT2D eigenvalue weighted by Gasteiger charge is 2.28. The van der Waals surface area contributed by atoms with Crippen molar-refractivity contribution in [1.82, 2.24) is 10.6 Å². The van der Waals surface area contributed by atoms with Crippen LogP contribution in [0.4, 0.5) is 4.79 Å². The largest absolute Gasteiger partial charge is 0.493 e. The summed E-state index contributed by atoms with van der Waals surface area (Å²) < 4.78 is 35.2. The number of carbonyl (C=O) groups is 2. The van der Waals surface area contributed by atoms with Gasteiger partial charge in [0.1, 0.15) is 11.8 Å². The van der Waals surface area contributed by atoms with Crippen LogP contribution in [0.1, 0.15) is 24.0 Å². The van der Waals surface area contributed by atoms with Crippen LogP contribution in [0.25, 0.3) is 0 Å². The van der Waals surface area contributed by atoms with Gasteiger partial charge in [0.2, 0.25) is 0 Å². The minimum atomic E-state index is -3.84. The molecule has 1 aliphatic rings. The number of aryl methyl sites for hydroxylation is 1. The molecule has 8 nitrogen and oxygen atoms in total. The van der Waals surface area contributed by atoms with Crippen LogP contribution in [0, 0.1) is 0 Å². The summed E-state index contributed by atoms with van der Waals surface area (Å²) in [5, 5.41) is 4.75. The number of ether oxygens (including phenoxy) is 1. The zero-order valence-electron chi connectivity index (χ0n) is 15.9. The number of hydrogen-bond donors (Lipinski definition) is 2. The molecule has 154 valence electrons. The number of benzene rings is 2. The predicted molar refractivity (Wildman–Crippen MR) is 106 cm³/mol. The van der Waals surface area contributed by atoms with Crippen LogP contribution >= 0.6 is 0 Å². The van der Waals surface area contributed by atoms with Crippen LogP contribution < -0.4 is 19.6 Å². The van der Waals surface area contributed by atoms with E-state index in [9.17, 15) is 18.0 Å². The van der Waals surface area contributed by atoms with Crippen molar-refractivity contribution < 1.29 is 26.9 Å². The summed E-state index contributed by atoms with van der Waals surface area (Å²) in [4.78, 5) is 22.7. The van der Waals surface area contributed by atoms with Crippen molar-refractivity contribution >= 4 is 22.1 Å². The van der Waals surface area contributed by atoms with Crippen molar-refractivity contribution in [3.8, 4) is 11.5 Å². The van der Waals surface area contributed by atoms with E-state index in [1.807, 2.05) is 6.07 Å². The van der Waals surface area contributed by atoms with Crippen LogP contribution in [0.3, 0.4) is 0 Å². The van der Waals surface area contributed by atoms with Gasteiger partial charge < -0.3 is 14.2 Å². The molecule has 29 heavy (non-hydrogen) atoms. The predicted octanol–water partition coefficient (Wildman–Crippen LogP) is 2.13. The first-order valence-corrected chi connectivity index (χ1v) is 10.7. The third kappa shape index (κ3) is 5.71. The van der Waals surface area contributed by atoms with E-state index >= 15 is 0 Å². The first kappa shape index (κ1) is 20.7. The summed E-state index contributed by atoms with van der Waals surface area (Å²) in [6, 6.07) is 12.8. The molecule has 2 aromatic rings. The third-order valence-corrected chi connectivity index (χ3v) is 5.57. The van der Waals surface area contributed by atoms with Gasteiger partial charge in [0.25, 0.3) is 5.91 Å². The minimum absolute atomic E-state index is 0.120. The zero-order valence-corrected chi connectivity index (χ0v) is 16.7. The number of rotatable bonds is 9. The lowest BCUT2D eigenvalue weighted by Crippen LogP contribution is -2.28. The Morgan fingerprint density at radius 1 is 1.00 bits per heavy atom. The number of hydrogen-bond acceptors (Lipinski definition) is 6. The molecule has 1 unspecified atom stereocenters. The number of carbonyl (C=O) groups excluding carboxylic acids is 2. The molecule has 1 atom stereocenters. The maximum absolute atomic E-state index is 12.3. The highest BCUT2D eigenvalue weighted by atomic mass is 32.2. The zero-order chi connectivity index (χ0) is 20.9. The summed E-state index contributed by atoms with van der Waals surface area (Å²) in [5.74, 6) is -0.130. The molecule has 0 aromatic heterocycles. The lowest BCUT2D eigenvalue weighted by molar-refractivity contribution is -0.120. The standard InChI is InChI=1S/C20H22N2O6S/c1-27-18-12-14(8-5-9-16-19(23)22-20(24)21-16)10-11-17(18)28-29(25,26)13-15-6-3-2-4-7-15/h2-4,6-7,10-12,16H,5,8-9,13H2,1H3,(H2,21,22,23,24). The van der Waals surface area contributed by atoms with E-state index < -0.39 is 22.2 Å². The summed E-state index contributed by atoms with van der Waals surface area (Å²) in [6.07, 6.45) is 1.80. The van der Waals surface area contributed by atoms with E-state index in [1.54, 1.807) is 42.5 Å². The molecular formula is C20H22N2O6S. The average molecular weight is 418 g/mol. The molecule has 3 rings (SSSR count). The van der Waals surface area contributed by atoms with Gasteiger partial charge in [0.05, 0.1) is 7.11 Å². The first-order chi connectivity index (χ1) is 13.9. The second-order valence-corrected chi connectivity index (χ2v) is 8.23. The maximum Gasteiger partial charge on any atom is 0.322 e. The van der Waals surface area contributed by atoms with Gasteiger partial charge in [-0.1, -0.05) is 36.4 Å². The van der Waals surface area contributed by atoms with Crippen molar-refractivity contribution in [2.75, 3.05) is 7.11 Å². The van der Waals surface area contributed by atoms with Crippen molar-refractivity contribution in [2.24, 2.45) is 0 Å². The first-order valence-electron chi connectivity index (χ1n) is 9.10. The molecule has 1 aliphatic heterocycles. The van der Waals surface area contributed by atoms with Gasteiger partial charge in [-0.15, -0.1) is 0 Å². The molecule has 1 fully saturated rings. The Morgan fingerprint density at radius 3 is 2.41 bits per heavy atom. The lowest BCUT2D eigenvalue weighted by atomic mass is 10.0. The van der Waals surface area contributed by atoms with Gasteiger partial charge in [-0.05, 0) is 42.5 Å². The van der Waals surface area contributed by atoms with Gasteiger partial charge >= 0.3 is 16.1 Å². The fraction of sp³-hybridized carbons (Fsp3) is 0.300. The Hall–Kier alpha value is -3.07. The minimum Gasteiger partial charge on any atom is -0.493 e. The van der Waals surface area contributed by atoms with Crippen LogP contribution in [0.5, 0.6) is 11.5 Å². The fourth-order valence-electron chi connectivity index (χ4n) is 3.05. The van der Waals surface area contributed by atoms with E-state index in [0.717, 1.165) is 5.56 Å². The SMILES string of the molecule is COc1cc(CCCC2NC(=O)NC2=O)ccc1OS(=O)(=O)Cc1ccccc1. The Labute approximate surface area is 169 Å². The van der Waals surface area contributed by atoms with Crippen LogP contribution in [0.2, 0.25) is 0 Å². The Balaban J connectivity index is 1.61. The number of methoxy groups -OCH3 is 1. The van der Waals surface area contributed by atoms with Crippen molar-refractivity contribution in [3.05, 3.63) is 59.7 Å².